The summed E-state index contributed by atoms with van der Waals surface area (Å²) in [6.45, 7) is 4.69. The lowest BCUT2D eigenvalue weighted by Gasteiger charge is -2.18. The fourth-order valence-corrected chi connectivity index (χ4v) is 2.08. The Morgan fingerprint density at radius 2 is 1.80 bits per heavy atom. The minimum absolute atomic E-state index is 0.249. The number of aliphatic hydroxyl groups is 1. The van der Waals surface area contributed by atoms with Gasteiger partial charge in [-0.05, 0) is 29.2 Å². The van der Waals surface area contributed by atoms with E-state index in [4.69, 9.17) is 4.74 Å². The molecule has 0 aliphatic rings. The van der Waals surface area contributed by atoms with Crippen LogP contribution in [0.3, 0.4) is 0 Å². The van der Waals surface area contributed by atoms with Gasteiger partial charge >= 0.3 is 0 Å². The summed E-state index contributed by atoms with van der Waals surface area (Å²) in [5.74, 6) is 1.05. The van der Waals surface area contributed by atoms with Gasteiger partial charge in [-0.1, -0.05) is 62.7 Å². The zero-order valence-electron chi connectivity index (χ0n) is 12.1. The second-order valence-electron chi connectivity index (χ2n) is 5.18. The molecule has 2 atom stereocenters. The summed E-state index contributed by atoms with van der Waals surface area (Å²) in [5.41, 5.74) is 2.06. The van der Waals surface area contributed by atoms with Crippen molar-refractivity contribution in [1.82, 2.24) is 0 Å². The zero-order valence-corrected chi connectivity index (χ0v) is 12.1. The third-order valence-electron chi connectivity index (χ3n) is 3.63. The van der Waals surface area contributed by atoms with Crippen LogP contribution in [-0.4, -0.2) is 5.11 Å². The Morgan fingerprint density at radius 1 is 1.05 bits per heavy atom. The van der Waals surface area contributed by atoms with Gasteiger partial charge in [0.2, 0.25) is 0 Å². The average molecular weight is 270 g/mol. The third kappa shape index (κ3) is 3.84. The second kappa shape index (κ2) is 7.11. The molecule has 2 heteroatoms. The molecule has 0 heterocycles. The molecule has 0 radical (unpaired) electrons. The Labute approximate surface area is 121 Å². The van der Waals surface area contributed by atoms with Crippen LogP contribution in [-0.2, 0) is 6.61 Å². The topological polar surface area (TPSA) is 29.5 Å². The zero-order chi connectivity index (χ0) is 14.4. The van der Waals surface area contributed by atoms with Gasteiger partial charge in [-0.2, -0.15) is 0 Å². The smallest absolute Gasteiger partial charge is 0.120 e. The molecular formula is C18H22O2. The van der Waals surface area contributed by atoms with Gasteiger partial charge in [-0.3, -0.25) is 0 Å². The molecule has 2 rings (SSSR count). The van der Waals surface area contributed by atoms with Gasteiger partial charge in [0.05, 0.1) is 6.10 Å². The molecule has 0 bridgehead atoms. The molecule has 0 aliphatic heterocycles. The molecule has 2 nitrogen and oxygen atoms in total. The van der Waals surface area contributed by atoms with E-state index in [0.29, 0.717) is 6.61 Å². The van der Waals surface area contributed by atoms with Crippen LogP contribution in [0.15, 0.2) is 54.6 Å². The van der Waals surface area contributed by atoms with Crippen molar-refractivity contribution in [2.45, 2.75) is 33.0 Å². The monoisotopic (exact) mass is 270 g/mol. The van der Waals surface area contributed by atoms with Crippen LogP contribution in [0.5, 0.6) is 5.75 Å². The highest BCUT2D eigenvalue weighted by molar-refractivity contribution is 5.30. The molecule has 2 unspecified atom stereocenters. The van der Waals surface area contributed by atoms with Crippen molar-refractivity contribution >= 4 is 0 Å². The minimum atomic E-state index is -0.430. The predicted octanol–water partition coefficient (Wildman–Crippen LogP) is 4.35. The first kappa shape index (κ1) is 14.6. The lowest BCUT2D eigenvalue weighted by molar-refractivity contribution is 0.115. The fourth-order valence-electron chi connectivity index (χ4n) is 2.08. The molecule has 106 valence electrons. The fraction of sp³-hybridized carbons (Fsp3) is 0.333. The first-order valence-corrected chi connectivity index (χ1v) is 7.15. The molecule has 0 saturated heterocycles. The highest BCUT2D eigenvalue weighted by Gasteiger charge is 2.14. The number of rotatable bonds is 6. The molecule has 0 amide bonds. The summed E-state index contributed by atoms with van der Waals surface area (Å²) in [6.07, 6.45) is 0.524. The summed E-state index contributed by atoms with van der Waals surface area (Å²) in [4.78, 5) is 0. The summed E-state index contributed by atoms with van der Waals surface area (Å²) < 4.78 is 5.79. The van der Waals surface area contributed by atoms with E-state index in [0.717, 1.165) is 23.3 Å². The first-order valence-electron chi connectivity index (χ1n) is 7.15. The van der Waals surface area contributed by atoms with E-state index in [1.54, 1.807) is 0 Å². The van der Waals surface area contributed by atoms with Crippen molar-refractivity contribution in [3.05, 3.63) is 65.7 Å². The van der Waals surface area contributed by atoms with Crippen LogP contribution in [0, 0.1) is 5.92 Å². The minimum Gasteiger partial charge on any atom is -0.489 e. The molecule has 2 aromatic carbocycles. The summed E-state index contributed by atoms with van der Waals surface area (Å²) in [6, 6.07) is 17.8. The van der Waals surface area contributed by atoms with Crippen molar-refractivity contribution in [2.75, 3.05) is 0 Å². The number of hydrogen-bond donors (Lipinski definition) is 1. The molecule has 0 aromatic heterocycles. The Morgan fingerprint density at radius 3 is 2.50 bits per heavy atom. The Hall–Kier alpha value is -1.80. The van der Waals surface area contributed by atoms with Crippen LogP contribution in [0.4, 0.5) is 0 Å². The first-order chi connectivity index (χ1) is 9.70. The van der Waals surface area contributed by atoms with Crippen LogP contribution in [0.25, 0.3) is 0 Å². The standard InChI is InChI=1S/C18H22O2/c1-3-14(2)18(19)16-10-7-11-17(12-16)20-13-15-8-5-4-6-9-15/h4-12,14,18-19H,3,13H2,1-2H3. The van der Waals surface area contributed by atoms with Gasteiger partial charge in [0.15, 0.2) is 0 Å². The second-order valence-corrected chi connectivity index (χ2v) is 5.18. The maximum Gasteiger partial charge on any atom is 0.120 e. The van der Waals surface area contributed by atoms with Gasteiger partial charge in [0.25, 0.3) is 0 Å². The third-order valence-corrected chi connectivity index (χ3v) is 3.63. The number of benzene rings is 2. The van der Waals surface area contributed by atoms with E-state index in [2.05, 4.69) is 13.8 Å². The maximum atomic E-state index is 10.2. The number of aliphatic hydroxyl groups excluding tert-OH is 1. The van der Waals surface area contributed by atoms with Gasteiger partial charge in [0.1, 0.15) is 12.4 Å². The molecule has 0 saturated carbocycles. The molecule has 0 aliphatic carbocycles. The van der Waals surface area contributed by atoms with E-state index < -0.39 is 6.10 Å². The highest BCUT2D eigenvalue weighted by Crippen LogP contribution is 2.27. The van der Waals surface area contributed by atoms with Crippen LogP contribution >= 0.6 is 0 Å². The maximum absolute atomic E-state index is 10.2. The summed E-state index contributed by atoms with van der Waals surface area (Å²) in [5, 5.41) is 10.2. The lowest BCUT2D eigenvalue weighted by Crippen LogP contribution is -2.08. The van der Waals surface area contributed by atoms with E-state index in [-0.39, 0.29) is 5.92 Å². The van der Waals surface area contributed by atoms with Crippen molar-refractivity contribution in [1.29, 1.82) is 0 Å². The van der Waals surface area contributed by atoms with E-state index in [1.807, 2.05) is 54.6 Å². The number of hydrogen-bond acceptors (Lipinski definition) is 2. The highest BCUT2D eigenvalue weighted by atomic mass is 16.5. The van der Waals surface area contributed by atoms with Gasteiger partial charge in [-0.25, -0.2) is 0 Å². The Balaban J connectivity index is 2.03. The van der Waals surface area contributed by atoms with E-state index in [1.165, 1.54) is 0 Å². The molecule has 20 heavy (non-hydrogen) atoms. The van der Waals surface area contributed by atoms with Crippen molar-refractivity contribution in [2.24, 2.45) is 5.92 Å². The molecule has 0 spiro atoms. The molecular weight excluding hydrogens is 248 g/mol. The summed E-state index contributed by atoms with van der Waals surface area (Å²) >= 11 is 0. The van der Waals surface area contributed by atoms with Crippen molar-refractivity contribution in [3.8, 4) is 5.75 Å². The average Bonchev–Trinajstić information content (AvgIpc) is 2.52. The normalized spacial score (nSPS) is 13.8. The molecule has 1 N–H and O–H groups in total. The van der Waals surface area contributed by atoms with Gasteiger partial charge in [-0.15, -0.1) is 0 Å². The molecule has 0 fully saturated rings. The van der Waals surface area contributed by atoms with Crippen molar-refractivity contribution in [3.63, 3.8) is 0 Å². The summed E-state index contributed by atoms with van der Waals surface area (Å²) in [7, 11) is 0. The van der Waals surface area contributed by atoms with E-state index >= 15 is 0 Å². The SMILES string of the molecule is CCC(C)C(O)c1cccc(OCc2ccccc2)c1. The molecule has 2 aromatic rings. The van der Waals surface area contributed by atoms with Crippen LogP contribution < -0.4 is 4.74 Å². The largest absolute Gasteiger partial charge is 0.489 e. The van der Waals surface area contributed by atoms with Crippen molar-refractivity contribution < 1.29 is 9.84 Å². The van der Waals surface area contributed by atoms with Crippen LogP contribution in [0.1, 0.15) is 37.5 Å². The predicted molar refractivity (Wildman–Crippen MR) is 81.6 cm³/mol. The Kier molecular flexibility index (Phi) is 5.19. The van der Waals surface area contributed by atoms with Gasteiger partial charge < -0.3 is 9.84 Å². The quantitative estimate of drug-likeness (QED) is 0.845. The van der Waals surface area contributed by atoms with Gasteiger partial charge in [0, 0.05) is 0 Å². The number of ether oxygens (including phenoxy) is 1. The Bertz CT molecular complexity index is 522. The van der Waals surface area contributed by atoms with E-state index in [9.17, 15) is 5.11 Å². The van der Waals surface area contributed by atoms with Crippen LogP contribution in [0.2, 0.25) is 0 Å². The lowest BCUT2D eigenvalue weighted by atomic mass is 9.95.